The van der Waals surface area contributed by atoms with Gasteiger partial charge in [0.2, 0.25) is 5.91 Å². The zero-order valence-corrected chi connectivity index (χ0v) is 8.73. The molecule has 1 aromatic carbocycles. The Bertz CT molecular complexity index is 339. The van der Waals surface area contributed by atoms with Gasteiger partial charge in [0.05, 0.1) is 6.61 Å². The summed E-state index contributed by atoms with van der Waals surface area (Å²) in [6.07, 6.45) is 0.601. The quantitative estimate of drug-likeness (QED) is 0.674. The number of aliphatic hydroxyl groups is 1. The topological polar surface area (TPSA) is 75.4 Å². The Kier molecular flexibility index (Phi) is 4.27. The first-order valence-corrected chi connectivity index (χ1v) is 4.85. The van der Waals surface area contributed by atoms with Crippen LogP contribution < -0.4 is 11.1 Å². The summed E-state index contributed by atoms with van der Waals surface area (Å²) in [4.78, 5) is 10.8. The van der Waals surface area contributed by atoms with Gasteiger partial charge in [0.1, 0.15) is 0 Å². The van der Waals surface area contributed by atoms with Gasteiger partial charge in [-0.25, -0.2) is 0 Å². The number of amides is 1. The van der Waals surface area contributed by atoms with E-state index in [1.807, 2.05) is 24.3 Å². The van der Waals surface area contributed by atoms with Crippen molar-refractivity contribution in [2.45, 2.75) is 19.4 Å². The Hall–Kier alpha value is -1.39. The van der Waals surface area contributed by atoms with E-state index >= 15 is 0 Å². The van der Waals surface area contributed by atoms with E-state index in [2.05, 4.69) is 5.32 Å². The Morgan fingerprint density at radius 1 is 1.60 bits per heavy atom. The molecule has 0 aromatic heterocycles. The lowest BCUT2D eigenvalue weighted by Gasteiger charge is -2.09. The normalized spacial score (nSPS) is 12.2. The molecule has 1 unspecified atom stereocenters. The smallest absolute Gasteiger partial charge is 0.221 e. The third-order valence-electron chi connectivity index (χ3n) is 1.98. The standard InChI is InChI=1S/C11H16N2O2/c1-8(15)13-11-4-2-3-9(6-11)5-10(12)7-14/h2-4,6,10,14H,5,7,12H2,1H3,(H,13,15). The summed E-state index contributed by atoms with van der Waals surface area (Å²) >= 11 is 0. The molecule has 1 atom stereocenters. The summed E-state index contributed by atoms with van der Waals surface area (Å²) in [6, 6.07) is 7.19. The largest absolute Gasteiger partial charge is 0.395 e. The summed E-state index contributed by atoms with van der Waals surface area (Å²) in [6.45, 7) is 1.43. The molecule has 1 amide bonds. The molecule has 82 valence electrons. The number of carbonyl (C=O) groups excluding carboxylic acids is 1. The summed E-state index contributed by atoms with van der Waals surface area (Å²) in [7, 11) is 0. The van der Waals surface area contributed by atoms with E-state index in [-0.39, 0.29) is 18.6 Å². The number of benzene rings is 1. The van der Waals surface area contributed by atoms with Crippen LogP contribution in [-0.2, 0) is 11.2 Å². The first-order chi connectivity index (χ1) is 7.11. The second-order valence-corrected chi connectivity index (χ2v) is 3.53. The van der Waals surface area contributed by atoms with Crippen molar-refractivity contribution in [2.75, 3.05) is 11.9 Å². The number of nitrogens with one attached hydrogen (secondary N) is 1. The van der Waals surface area contributed by atoms with E-state index in [4.69, 9.17) is 10.8 Å². The lowest BCUT2D eigenvalue weighted by Crippen LogP contribution is -2.26. The van der Waals surface area contributed by atoms with Crippen LogP contribution in [0.3, 0.4) is 0 Å². The van der Waals surface area contributed by atoms with Gasteiger partial charge in [0, 0.05) is 18.7 Å². The Balaban J connectivity index is 2.69. The molecule has 1 rings (SSSR count). The van der Waals surface area contributed by atoms with E-state index in [1.54, 1.807) is 0 Å². The monoisotopic (exact) mass is 208 g/mol. The highest BCUT2D eigenvalue weighted by Gasteiger charge is 2.03. The number of rotatable bonds is 4. The molecular formula is C11H16N2O2. The van der Waals surface area contributed by atoms with Gasteiger partial charge < -0.3 is 16.2 Å². The molecule has 0 heterocycles. The maximum absolute atomic E-state index is 10.8. The summed E-state index contributed by atoms with van der Waals surface area (Å²) in [5, 5.41) is 11.5. The van der Waals surface area contributed by atoms with Crippen molar-refractivity contribution in [3.63, 3.8) is 0 Å². The molecule has 0 aliphatic heterocycles. The fourth-order valence-electron chi connectivity index (χ4n) is 1.35. The number of anilines is 1. The molecule has 0 aliphatic carbocycles. The molecule has 4 nitrogen and oxygen atoms in total. The van der Waals surface area contributed by atoms with Gasteiger partial charge in [-0.3, -0.25) is 4.79 Å². The molecule has 0 saturated carbocycles. The number of nitrogens with two attached hydrogens (primary N) is 1. The van der Waals surface area contributed by atoms with Gasteiger partial charge in [-0.05, 0) is 24.1 Å². The SMILES string of the molecule is CC(=O)Nc1cccc(CC(N)CO)c1. The van der Waals surface area contributed by atoms with Crippen LogP contribution in [0, 0.1) is 0 Å². The van der Waals surface area contributed by atoms with E-state index in [9.17, 15) is 4.79 Å². The third kappa shape index (κ3) is 4.10. The fraction of sp³-hybridized carbons (Fsp3) is 0.364. The number of carbonyl (C=O) groups is 1. The van der Waals surface area contributed by atoms with Crippen LogP contribution in [0.15, 0.2) is 24.3 Å². The minimum Gasteiger partial charge on any atom is -0.395 e. The molecule has 0 aliphatic rings. The van der Waals surface area contributed by atoms with E-state index < -0.39 is 0 Å². The highest BCUT2D eigenvalue weighted by atomic mass is 16.3. The minimum atomic E-state index is -0.252. The van der Waals surface area contributed by atoms with E-state index in [1.165, 1.54) is 6.92 Å². The Morgan fingerprint density at radius 3 is 2.93 bits per heavy atom. The van der Waals surface area contributed by atoms with Crippen molar-refractivity contribution in [2.24, 2.45) is 5.73 Å². The molecule has 4 N–H and O–H groups in total. The second-order valence-electron chi connectivity index (χ2n) is 3.53. The molecule has 15 heavy (non-hydrogen) atoms. The van der Waals surface area contributed by atoms with Crippen molar-refractivity contribution >= 4 is 11.6 Å². The van der Waals surface area contributed by atoms with Crippen molar-refractivity contribution in [1.29, 1.82) is 0 Å². The Morgan fingerprint density at radius 2 is 2.33 bits per heavy atom. The zero-order valence-electron chi connectivity index (χ0n) is 8.73. The predicted molar refractivity (Wildman–Crippen MR) is 59.5 cm³/mol. The molecule has 0 bridgehead atoms. The molecule has 0 fully saturated rings. The van der Waals surface area contributed by atoms with Gasteiger partial charge >= 0.3 is 0 Å². The predicted octanol–water partition coefficient (Wildman–Crippen LogP) is 0.507. The lowest BCUT2D eigenvalue weighted by molar-refractivity contribution is -0.114. The van der Waals surface area contributed by atoms with Crippen LogP contribution in [0.1, 0.15) is 12.5 Å². The molecule has 1 aromatic rings. The van der Waals surface area contributed by atoms with Crippen LogP contribution in [0.25, 0.3) is 0 Å². The molecule has 4 heteroatoms. The zero-order chi connectivity index (χ0) is 11.3. The highest BCUT2D eigenvalue weighted by Crippen LogP contribution is 2.11. The van der Waals surface area contributed by atoms with Crippen LogP contribution in [-0.4, -0.2) is 23.7 Å². The van der Waals surface area contributed by atoms with E-state index in [0.29, 0.717) is 6.42 Å². The van der Waals surface area contributed by atoms with Crippen LogP contribution >= 0.6 is 0 Å². The lowest BCUT2D eigenvalue weighted by atomic mass is 10.1. The average molecular weight is 208 g/mol. The first-order valence-electron chi connectivity index (χ1n) is 4.85. The van der Waals surface area contributed by atoms with Gasteiger partial charge in [0.15, 0.2) is 0 Å². The van der Waals surface area contributed by atoms with Gasteiger partial charge in [-0.2, -0.15) is 0 Å². The maximum Gasteiger partial charge on any atom is 0.221 e. The number of hydrogen-bond donors (Lipinski definition) is 3. The molecule has 0 spiro atoms. The summed E-state index contributed by atoms with van der Waals surface area (Å²) in [5.74, 6) is -0.0985. The van der Waals surface area contributed by atoms with Gasteiger partial charge in [0.25, 0.3) is 0 Å². The Labute approximate surface area is 89.1 Å². The minimum absolute atomic E-state index is 0.0373. The fourth-order valence-corrected chi connectivity index (χ4v) is 1.35. The van der Waals surface area contributed by atoms with E-state index in [0.717, 1.165) is 11.3 Å². The summed E-state index contributed by atoms with van der Waals surface area (Å²) < 4.78 is 0. The van der Waals surface area contributed by atoms with Gasteiger partial charge in [-0.15, -0.1) is 0 Å². The first kappa shape index (κ1) is 11.7. The van der Waals surface area contributed by atoms with Crippen LogP contribution in [0.4, 0.5) is 5.69 Å². The van der Waals surface area contributed by atoms with Crippen molar-refractivity contribution in [1.82, 2.24) is 0 Å². The highest BCUT2D eigenvalue weighted by molar-refractivity contribution is 5.88. The van der Waals surface area contributed by atoms with Crippen molar-refractivity contribution < 1.29 is 9.90 Å². The number of hydrogen-bond acceptors (Lipinski definition) is 3. The van der Waals surface area contributed by atoms with Crippen molar-refractivity contribution in [3.05, 3.63) is 29.8 Å². The molecular weight excluding hydrogens is 192 g/mol. The average Bonchev–Trinajstić information content (AvgIpc) is 2.17. The third-order valence-corrected chi connectivity index (χ3v) is 1.98. The van der Waals surface area contributed by atoms with Crippen LogP contribution in [0.2, 0.25) is 0 Å². The molecule has 0 saturated heterocycles. The second kappa shape index (κ2) is 5.48. The van der Waals surface area contributed by atoms with Crippen molar-refractivity contribution in [3.8, 4) is 0 Å². The maximum atomic E-state index is 10.8. The summed E-state index contributed by atoms with van der Waals surface area (Å²) in [5.41, 5.74) is 7.38. The van der Waals surface area contributed by atoms with Gasteiger partial charge in [-0.1, -0.05) is 12.1 Å². The number of aliphatic hydroxyl groups excluding tert-OH is 1. The molecule has 0 radical (unpaired) electrons. The van der Waals surface area contributed by atoms with Crippen LogP contribution in [0.5, 0.6) is 0 Å².